The first-order valence-electron chi connectivity index (χ1n) is 9.67. The van der Waals surface area contributed by atoms with Crippen LogP contribution in [0.25, 0.3) is 16.7 Å². The van der Waals surface area contributed by atoms with Crippen molar-refractivity contribution >= 4 is 22.8 Å². The molecule has 0 saturated heterocycles. The molecule has 30 heavy (non-hydrogen) atoms. The lowest BCUT2D eigenvalue weighted by Crippen LogP contribution is -2.26. The molecule has 0 saturated carbocycles. The number of carbonyl (C=O) groups is 1. The first-order valence-corrected chi connectivity index (χ1v) is 9.67. The van der Waals surface area contributed by atoms with Crippen LogP contribution >= 0.6 is 0 Å². The standard InChI is InChI=1S/C22H22N6O2/c1-14-4-6-17(7-5-14)28-21-18(13-24-28)22(30)27(16(3)25-21)11-9-20(29)26-19-12-15(2)8-10-23-19/h4-8,10,12-13H,9,11H2,1-3H3,(H,23,26,29). The molecule has 0 bridgehead atoms. The minimum Gasteiger partial charge on any atom is -0.311 e. The van der Waals surface area contributed by atoms with Crippen LogP contribution in [0.3, 0.4) is 0 Å². The van der Waals surface area contributed by atoms with Crippen molar-refractivity contribution in [2.75, 3.05) is 5.32 Å². The van der Waals surface area contributed by atoms with E-state index in [1.807, 2.05) is 44.2 Å². The SMILES string of the molecule is Cc1ccc(-n2ncc3c(=O)n(CCC(=O)Nc4cc(C)ccn4)c(C)nc32)cc1. The van der Waals surface area contributed by atoms with E-state index in [1.54, 1.807) is 23.9 Å². The van der Waals surface area contributed by atoms with Gasteiger partial charge in [-0.1, -0.05) is 17.7 Å². The third-order valence-corrected chi connectivity index (χ3v) is 4.90. The summed E-state index contributed by atoms with van der Waals surface area (Å²) in [7, 11) is 0. The third-order valence-electron chi connectivity index (χ3n) is 4.90. The van der Waals surface area contributed by atoms with Crippen molar-refractivity contribution in [3.05, 3.63) is 76.1 Å². The normalized spacial score (nSPS) is 11.0. The third kappa shape index (κ3) is 3.84. The number of carbonyl (C=O) groups excluding carboxylic acids is 1. The van der Waals surface area contributed by atoms with E-state index in [2.05, 4.69) is 20.4 Å². The van der Waals surface area contributed by atoms with Gasteiger partial charge in [0.25, 0.3) is 5.56 Å². The minimum atomic E-state index is -0.213. The van der Waals surface area contributed by atoms with E-state index in [-0.39, 0.29) is 24.4 Å². The Morgan fingerprint density at radius 2 is 1.83 bits per heavy atom. The van der Waals surface area contributed by atoms with E-state index >= 15 is 0 Å². The molecule has 0 atom stereocenters. The second kappa shape index (κ2) is 7.90. The predicted octanol–water partition coefficient (Wildman–Crippen LogP) is 2.93. The molecule has 0 aliphatic carbocycles. The molecule has 8 nitrogen and oxygen atoms in total. The van der Waals surface area contributed by atoms with Crippen molar-refractivity contribution in [3.63, 3.8) is 0 Å². The van der Waals surface area contributed by atoms with Crippen molar-refractivity contribution in [3.8, 4) is 5.69 Å². The van der Waals surface area contributed by atoms with Gasteiger partial charge in [-0.05, 0) is 50.6 Å². The number of anilines is 1. The zero-order valence-corrected chi connectivity index (χ0v) is 17.1. The summed E-state index contributed by atoms with van der Waals surface area (Å²) in [6, 6.07) is 11.5. The Labute approximate surface area is 173 Å². The maximum Gasteiger partial charge on any atom is 0.264 e. The average Bonchev–Trinajstić information content (AvgIpc) is 3.12. The fourth-order valence-corrected chi connectivity index (χ4v) is 3.27. The van der Waals surface area contributed by atoms with Gasteiger partial charge < -0.3 is 5.32 Å². The van der Waals surface area contributed by atoms with Crippen molar-refractivity contribution < 1.29 is 4.79 Å². The summed E-state index contributed by atoms with van der Waals surface area (Å²) in [5.41, 5.74) is 3.28. The van der Waals surface area contributed by atoms with Gasteiger partial charge in [0, 0.05) is 19.2 Å². The number of hydrogen-bond donors (Lipinski definition) is 1. The van der Waals surface area contributed by atoms with Crippen molar-refractivity contribution in [2.24, 2.45) is 0 Å². The number of aryl methyl sites for hydroxylation is 3. The van der Waals surface area contributed by atoms with Gasteiger partial charge in [-0.2, -0.15) is 5.10 Å². The van der Waals surface area contributed by atoms with Gasteiger partial charge in [0.15, 0.2) is 5.65 Å². The number of rotatable bonds is 5. The van der Waals surface area contributed by atoms with Crippen molar-refractivity contribution in [2.45, 2.75) is 33.7 Å². The summed E-state index contributed by atoms with van der Waals surface area (Å²) in [5, 5.41) is 7.53. The largest absolute Gasteiger partial charge is 0.311 e. The van der Waals surface area contributed by atoms with Crippen LogP contribution in [-0.4, -0.2) is 30.2 Å². The van der Waals surface area contributed by atoms with Crippen LogP contribution in [0, 0.1) is 20.8 Å². The molecule has 1 N–H and O–H groups in total. The molecule has 4 rings (SSSR count). The quantitative estimate of drug-likeness (QED) is 0.554. The highest BCUT2D eigenvalue weighted by atomic mass is 16.2. The molecule has 0 fully saturated rings. The Kier molecular flexibility index (Phi) is 5.14. The highest BCUT2D eigenvalue weighted by molar-refractivity contribution is 5.89. The van der Waals surface area contributed by atoms with Crippen LogP contribution in [0.1, 0.15) is 23.4 Å². The average molecular weight is 402 g/mol. The second-order valence-electron chi connectivity index (χ2n) is 7.26. The molecule has 1 amide bonds. The Bertz CT molecular complexity index is 1290. The monoisotopic (exact) mass is 402 g/mol. The number of nitrogens with one attached hydrogen (secondary N) is 1. The minimum absolute atomic E-state index is 0.135. The molecule has 0 radical (unpaired) electrons. The first-order chi connectivity index (χ1) is 14.4. The molecule has 4 aromatic rings. The number of aromatic nitrogens is 5. The Balaban J connectivity index is 1.57. The van der Waals surface area contributed by atoms with E-state index in [0.29, 0.717) is 22.7 Å². The number of fused-ring (bicyclic) bond motifs is 1. The number of nitrogens with zero attached hydrogens (tertiary/aromatic N) is 5. The maximum absolute atomic E-state index is 13.0. The fourth-order valence-electron chi connectivity index (χ4n) is 3.27. The molecule has 0 aliphatic heterocycles. The lowest BCUT2D eigenvalue weighted by Gasteiger charge is -2.10. The van der Waals surface area contributed by atoms with Crippen LogP contribution in [0.5, 0.6) is 0 Å². The van der Waals surface area contributed by atoms with Crippen molar-refractivity contribution in [1.29, 1.82) is 0 Å². The fraction of sp³-hybridized carbons (Fsp3) is 0.227. The molecule has 0 spiro atoms. The van der Waals surface area contributed by atoms with E-state index in [0.717, 1.165) is 16.8 Å². The van der Waals surface area contributed by atoms with Crippen LogP contribution in [0.4, 0.5) is 5.82 Å². The Morgan fingerprint density at radius 3 is 2.57 bits per heavy atom. The number of benzene rings is 1. The van der Waals surface area contributed by atoms with E-state index in [9.17, 15) is 9.59 Å². The van der Waals surface area contributed by atoms with Crippen LogP contribution in [-0.2, 0) is 11.3 Å². The molecular formula is C22H22N6O2. The molecule has 1 aromatic carbocycles. The van der Waals surface area contributed by atoms with Crippen LogP contribution < -0.4 is 10.9 Å². The zero-order chi connectivity index (χ0) is 21.3. The van der Waals surface area contributed by atoms with E-state index in [1.165, 1.54) is 10.8 Å². The van der Waals surface area contributed by atoms with E-state index < -0.39 is 0 Å². The van der Waals surface area contributed by atoms with E-state index in [4.69, 9.17) is 0 Å². The topological polar surface area (TPSA) is 94.7 Å². The molecule has 3 aromatic heterocycles. The molecule has 8 heteroatoms. The summed E-state index contributed by atoms with van der Waals surface area (Å²) in [6.07, 6.45) is 3.30. The van der Waals surface area contributed by atoms with Gasteiger partial charge in [-0.3, -0.25) is 14.2 Å². The van der Waals surface area contributed by atoms with Crippen LogP contribution in [0.2, 0.25) is 0 Å². The summed E-state index contributed by atoms with van der Waals surface area (Å²) in [5.74, 6) is 0.815. The smallest absolute Gasteiger partial charge is 0.264 e. The lowest BCUT2D eigenvalue weighted by molar-refractivity contribution is -0.116. The zero-order valence-electron chi connectivity index (χ0n) is 17.1. The lowest BCUT2D eigenvalue weighted by atomic mass is 10.2. The van der Waals surface area contributed by atoms with Gasteiger partial charge in [0.2, 0.25) is 5.91 Å². The maximum atomic E-state index is 13.0. The van der Waals surface area contributed by atoms with Gasteiger partial charge >= 0.3 is 0 Å². The Morgan fingerprint density at radius 1 is 1.07 bits per heavy atom. The highest BCUT2D eigenvalue weighted by Gasteiger charge is 2.15. The summed E-state index contributed by atoms with van der Waals surface area (Å²) < 4.78 is 3.16. The summed E-state index contributed by atoms with van der Waals surface area (Å²) in [6.45, 7) is 5.92. The molecule has 0 aliphatic rings. The molecule has 0 unspecified atom stereocenters. The highest BCUT2D eigenvalue weighted by Crippen LogP contribution is 2.15. The van der Waals surface area contributed by atoms with Gasteiger partial charge in [0.05, 0.1) is 11.9 Å². The predicted molar refractivity (Wildman–Crippen MR) is 115 cm³/mol. The number of pyridine rings is 1. The van der Waals surface area contributed by atoms with Gasteiger partial charge in [-0.15, -0.1) is 0 Å². The van der Waals surface area contributed by atoms with Crippen LogP contribution in [0.15, 0.2) is 53.6 Å². The Hall–Kier alpha value is -3.81. The first kappa shape index (κ1) is 19.5. The molecule has 152 valence electrons. The summed E-state index contributed by atoms with van der Waals surface area (Å²) >= 11 is 0. The van der Waals surface area contributed by atoms with Crippen molar-refractivity contribution in [1.82, 2.24) is 24.3 Å². The number of amides is 1. The van der Waals surface area contributed by atoms with Gasteiger partial charge in [0.1, 0.15) is 17.0 Å². The molecular weight excluding hydrogens is 380 g/mol. The second-order valence-corrected chi connectivity index (χ2v) is 7.26. The van der Waals surface area contributed by atoms with Gasteiger partial charge in [-0.25, -0.2) is 14.6 Å². The summed E-state index contributed by atoms with van der Waals surface area (Å²) in [4.78, 5) is 34.0. The molecule has 3 heterocycles. The number of hydrogen-bond acceptors (Lipinski definition) is 5.